The molecule has 1 aromatic carbocycles. The minimum absolute atomic E-state index is 0.269. The highest BCUT2D eigenvalue weighted by Crippen LogP contribution is 2.32. The first-order valence-corrected chi connectivity index (χ1v) is 7.36. The zero-order chi connectivity index (χ0) is 15.6. The minimum atomic E-state index is -4.37. The van der Waals surface area contributed by atoms with Crippen molar-refractivity contribution in [3.63, 3.8) is 0 Å². The van der Waals surface area contributed by atoms with Crippen LogP contribution in [0.3, 0.4) is 0 Å². The summed E-state index contributed by atoms with van der Waals surface area (Å²) in [5.74, 6) is 0.682. The van der Waals surface area contributed by atoms with Gasteiger partial charge in [-0.05, 0) is 50.3 Å². The highest BCUT2D eigenvalue weighted by atomic mass is 19.4. The monoisotopic (exact) mass is 301 g/mol. The van der Waals surface area contributed by atoms with Crippen molar-refractivity contribution in [1.82, 2.24) is 4.90 Å². The lowest BCUT2D eigenvalue weighted by atomic mass is 10.0. The summed E-state index contributed by atoms with van der Waals surface area (Å²) in [6.07, 6.45) is -2.85. The molecule has 0 bridgehead atoms. The van der Waals surface area contributed by atoms with Gasteiger partial charge in [0.05, 0.1) is 11.7 Å². The van der Waals surface area contributed by atoms with Gasteiger partial charge in [-0.3, -0.25) is 4.90 Å². The minimum Gasteiger partial charge on any atom is -0.387 e. The fraction of sp³-hybridized carbons (Fsp3) is 0.625. The molecular formula is C16H22F3NO. The summed E-state index contributed by atoms with van der Waals surface area (Å²) in [5.41, 5.74) is -0.386. The van der Waals surface area contributed by atoms with Crippen molar-refractivity contribution in [1.29, 1.82) is 0 Å². The first-order valence-electron chi connectivity index (χ1n) is 7.36. The lowest BCUT2D eigenvalue weighted by Crippen LogP contribution is -2.36. The third-order valence-corrected chi connectivity index (χ3v) is 3.93. The van der Waals surface area contributed by atoms with Crippen LogP contribution in [0.15, 0.2) is 24.3 Å². The first-order chi connectivity index (χ1) is 9.77. The number of aliphatic hydroxyl groups excluding tert-OH is 1. The molecule has 1 aromatic rings. The van der Waals surface area contributed by atoms with E-state index in [0.717, 1.165) is 18.7 Å². The standard InChI is InChI=1S/C16H22F3NO/c1-11(2)20(9-12-6-7-12)10-15(21)13-4-3-5-14(8-13)16(17,18)19/h3-5,8,11-12,15,21H,6-7,9-10H2,1-2H3. The largest absolute Gasteiger partial charge is 0.416 e. The van der Waals surface area contributed by atoms with Gasteiger partial charge in [-0.15, -0.1) is 0 Å². The molecule has 1 saturated carbocycles. The number of nitrogens with zero attached hydrogens (tertiary/aromatic N) is 1. The van der Waals surface area contributed by atoms with Crippen LogP contribution in [-0.4, -0.2) is 29.1 Å². The highest BCUT2D eigenvalue weighted by molar-refractivity contribution is 5.27. The van der Waals surface area contributed by atoms with Crippen molar-refractivity contribution < 1.29 is 18.3 Å². The van der Waals surface area contributed by atoms with E-state index < -0.39 is 17.8 Å². The van der Waals surface area contributed by atoms with Gasteiger partial charge in [-0.2, -0.15) is 13.2 Å². The Morgan fingerprint density at radius 3 is 2.48 bits per heavy atom. The summed E-state index contributed by atoms with van der Waals surface area (Å²) in [6, 6.07) is 5.24. The Morgan fingerprint density at radius 2 is 1.95 bits per heavy atom. The number of hydrogen-bond acceptors (Lipinski definition) is 2. The predicted octanol–water partition coefficient (Wildman–Crippen LogP) is 3.86. The lowest BCUT2D eigenvalue weighted by molar-refractivity contribution is -0.137. The SMILES string of the molecule is CC(C)N(CC1CC1)CC(O)c1cccc(C(F)(F)F)c1. The van der Waals surface area contributed by atoms with E-state index in [4.69, 9.17) is 0 Å². The molecule has 2 nitrogen and oxygen atoms in total. The number of benzene rings is 1. The van der Waals surface area contributed by atoms with Crippen molar-refractivity contribution in [2.24, 2.45) is 5.92 Å². The van der Waals surface area contributed by atoms with Crippen molar-refractivity contribution in [2.75, 3.05) is 13.1 Å². The Kier molecular flexibility index (Phi) is 4.94. The molecule has 1 aliphatic carbocycles. The Morgan fingerprint density at radius 1 is 1.29 bits per heavy atom. The summed E-state index contributed by atoms with van der Waals surface area (Å²) in [5, 5.41) is 10.3. The molecule has 0 amide bonds. The second-order valence-electron chi connectivity index (χ2n) is 6.13. The number of rotatable bonds is 6. The van der Waals surface area contributed by atoms with E-state index in [1.54, 1.807) is 6.07 Å². The maximum Gasteiger partial charge on any atom is 0.416 e. The van der Waals surface area contributed by atoms with Crippen molar-refractivity contribution in [2.45, 2.75) is 45.0 Å². The topological polar surface area (TPSA) is 23.5 Å². The number of hydrogen-bond donors (Lipinski definition) is 1. The average Bonchev–Trinajstić information content (AvgIpc) is 3.21. The molecule has 1 unspecified atom stereocenters. The molecule has 1 aliphatic rings. The van der Waals surface area contributed by atoms with E-state index in [2.05, 4.69) is 4.90 Å². The molecule has 118 valence electrons. The smallest absolute Gasteiger partial charge is 0.387 e. The van der Waals surface area contributed by atoms with Crippen LogP contribution in [0.2, 0.25) is 0 Å². The van der Waals surface area contributed by atoms with Gasteiger partial charge in [0.1, 0.15) is 0 Å². The zero-order valence-electron chi connectivity index (χ0n) is 12.4. The van der Waals surface area contributed by atoms with E-state index in [9.17, 15) is 18.3 Å². The molecule has 0 heterocycles. The van der Waals surface area contributed by atoms with Crippen LogP contribution in [0.1, 0.15) is 43.9 Å². The van der Waals surface area contributed by atoms with Crippen LogP contribution in [0.5, 0.6) is 0 Å². The first kappa shape index (κ1) is 16.3. The van der Waals surface area contributed by atoms with Gasteiger partial charge in [-0.25, -0.2) is 0 Å². The molecule has 1 atom stereocenters. The van der Waals surface area contributed by atoms with Crippen molar-refractivity contribution in [3.05, 3.63) is 35.4 Å². The third-order valence-electron chi connectivity index (χ3n) is 3.93. The summed E-state index contributed by atoms with van der Waals surface area (Å²) in [4.78, 5) is 2.14. The van der Waals surface area contributed by atoms with Crippen LogP contribution in [-0.2, 0) is 6.18 Å². The lowest BCUT2D eigenvalue weighted by Gasteiger charge is -2.29. The second kappa shape index (κ2) is 6.36. The van der Waals surface area contributed by atoms with Crippen LogP contribution in [0.4, 0.5) is 13.2 Å². The fourth-order valence-corrected chi connectivity index (χ4v) is 2.38. The zero-order valence-corrected chi connectivity index (χ0v) is 12.4. The summed E-state index contributed by atoms with van der Waals surface area (Å²) < 4.78 is 38.1. The van der Waals surface area contributed by atoms with Crippen molar-refractivity contribution in [3.8, 4) is 0 Å². The van der Waals surface area contributed by atoms with Gasteiger partial charge in [0.25, 0.3) is 0 Å². The molecular weight excluding hydrogens is 279 g/mol. The Balaban J connectivity index is 2.05. The van der Waals surface area contributed by atoms with Gasteiger partial charge in [0.15, 0.2) is 0 Å². The fourth-order valence-electron chi connectivity index (χ4n) is 2.38. The molecule has 0 spiro atoms. The number of aliphatic hydroxyl groups is 1. The molecule has 0 saturated heterocycles. The van der Waals surface area contributed by atoms with Crippen LogP contribution in [0, 0.1) is 5.92 Å². The quantitative estimate of drug-likeness (QED) is 0.862. The molecule has 0 aliphatic heterocycles. The molecule has 1 N–H and O–H groups in total. The summed E-state index contributed by atoms with van der Waals surface area (Å²) >= 11 is 0. The normalized spacial score (nSPS) is 17.5. The Bertz CT molecular complexity index is 469. The molecule has 0 aromatic heterocycles. The van der Waals surface area contributed by atoms with E-state index >= 15 is 0 Å². The number of halogens is 3. The predicted molar refractivity (Wildman–Crippen MR) is 75.8 cm³/mol. The van der Waals surface area contributed by atoms with Gasteiger partial charge >= 0.3 is 6.18 Å². The second-order valence-corrected chi connectivity index (χ2v) is 6.13. The summed E-state index contributed by atoms with van der Waals surface area (Å²) in [7, 11) is 0. The maximum absolute atomic E-state index is 12.7. The van der Waals surface area contributed by atoms with Gasteiger partial charge in [0.2, 0.25) is 0 Å². The molecule has 2 rings (SSSR count). The maximum atomic E-state index is 12.7. The highest BCUT2D eigenvalue weighted by Gasteiger charge is 2.31. The van der Waals surface area contributed by atoms with Gasteiger partial charge < -0.3 is 5.11 Å². The van der Waals surface area contributed by atoms with Gasteiger partial charge in [0, 0.05) is 19.1 Å². The van der Waals surface area contributed by atoms with Crippen molar-refractivity contribution >= 4 is 0 Å². The van der Waals surface area contributed by atoms with E-state index in [-0.39, 0.29) is 6.04 Å². The Labute approximate surface area is 123 Å². The molecule has 5 heteroatoms. The van der Waals surface area contributed by atoms with E-state index in [1.165, 1.54) is 18.9 Å². The third kappa shape index (κ3) is 4.71. The van der Waals surface area contributed by atoms with Gasteiger partial charge in [-0.1, -0.05) is 12.1 Å². The molecule has 0 radical (unpaired) electrons. The van der Waals surface area contributed by atoms with E-state index in [0.29, 0.717) is 18.0 Å². The van der Waals surface area contributed by atoms with Crippen LogP contribution in [0.25, 0.3) is 0 Å². The Hall–Kier alpha value is -1.07. The molecule has 21 heavy (non-hydrogen) atoms. The summed E-state index contributed by atoms with van der Waals surface area (Å²) in [6.45, 7) is 5.37. The van der Waals surface area contributed by atoms with Crippen LogP contribution < -0.4 is 0 Å². The van der Waals surface area contributed by atoms with E-state index in [1.807, 2.05) is 13.8 Å². The van der Waals surface area contributed by atoms with Crippen LogP contribution >= 0.6 is 0 Å². The number of alkyl halides is 3. The molecule has 1 fully saturated rings. The average molecular weight is 301 g/mol.